The van der Waals surface area contributed by atoms with Crippen molar-refractivity contribution in [2.45, 2.75) is 18.7 Å². The number of hydrogen-bond acceptors (Lipinski definition) is 4. The first-order valence-electron chi connectivity index (χ1n) is 4.99. The zero-order chi connectivity index (χ0) is 13.7. The number of rotatable bonds is 4. The lowest BCUT2D eigenvalue weighted by molar-refractivity contribution is 0.0525. The van der Waals surface area contributed by atoms with Crippen LogP contribution in [-0.2, 0) is 10.1 Å². The highest BCUT2D eigenvalue weighted by molar-refractivity contribution is 9.08. The Bertz CT molecular complexity index is 501. The van der Waals surface area contributed by atoms with E-state index in [0.717, 1.165) is 6.20 Å². The molecule has 0 saturated heterocycles. The van der Waals surface area contributed by atoms with E-state index in [-0.39, 0.29) is 28.8 Å². The van der Waals surface area contributed by atoms with Crippen LogP contribution >= 0.6 is 15.9 Å². The minimum atomic E-state index is -2.88. The molecule has 7 heteroatoms. The summed E-state index contributed by atoms with van der Waals surface area (Å²) in [4.78, 5) is 15.3. The number of nitriles is 1. The number of pyridine rings is 1. The largest absolute Gasteiger partial charge is 0.462 e. The summed E-state index contributed by atoms with van der Waals surface area (Å²) in [6.07, 6.45) is -1.80. The van der Waals surface area contributed by atoms with Gasteiger partial charge in [-0.05, 0) is 6.92 Å². The Morgan fingerprint density at radius 2 is 2.33 bits per heavy atom. The highest BCUT2D eigenvalue weighted by Crippen LogP contribution is 2.29. The van der Waals surface area contributed by atoms with E-state index < -0.39 is 18.0 Å². The van der Waals surface area contributed by atoms with Crippen LogP contribution in [-0.4, -0.2) is 17.6 Å². The van der Waals surface area contributed by atoms with Gasteiger partial charge < -0.3 is 4.74 Å². The van der Waals surface area contributed by atoms with Crippen molar-refractivity contribution in [3.8, 4) is 6.07 Å². The van der Waals surface area contributed by atoms with Crippen molar-refractivity contribution in [3.63, 3.8) is 0 Å². The van der Waals surface area contributed by atoms with Crippen molar-refractivity contribution in [1.29, 1.82) is 5.26 Å². The second-order valence-corrected chi connectivity index (χ2v) is 3.73. The molecule has 1 aromatic heterocycles. The van der Waals surface area contributed by atoms with Crippen molar-refractivity contribution in [2.75, 3.05) is 6.61 Å². The van der Waals surface area contributed by atoms with Crippen LogP contribution < -0.4 is 0 Å². The number of halogens is 3. The van der Waals surface area contributed by atoms with E-state index in [1.54, 1.807) is 13.0 Å². The normalized spacial score (nSPS) is 10.2. The Morgan fingerprint density at radius 1 is 1.67 bits per heavy atom. The van der Waals surface area contributed by atoms with Crippen molar-refractivity contribution < 1.29 is 18.3 Å². The number of carbonyl (C=O) groups excluding carboxylic acids is 1. The molecular formula is C11H9BrF2N2O2. The van der Waals surface area contributed by atoms with E-state index >= 15 is 0 Å². The average molecular weight is 319 g/mol. The summed E-state index contributed by atoms with van der Waals surface area (Å²) in [5.41, 5.74) is -1.11. The molecule has 0 bridgehead atoms. The maximum atomic E-state index is 12.9. The first kappa shape index (κ1) is 14.5. The molecule has 96 valence electrons. The zero-order valence-corrected chi connectivity index (χ0v) is 11.0. The minimum absolute atomic E-state index is 0.0367. The van der Waals surface area contributed by atoms with Crippen LogP contribution in [0, 0.1) is 11.3 Å². The summed E-state index contributed by atoms with van der Waals surface area (Å²) in [7, 11) is 0. The first-order valence-corrected chi connectivity index (χ1v) is 6.12. The van der Waals surface area contributed by atoms with Gasteiger partial charge in [0.2, 0.25) is 0 Å². The minimum Gasteiger partial charge on any atom is -0.462 e. The van der Waals surface area contributed by atoms with E-state index in [2.05, 4.69) is 20.9 Å². The van der Waals surface area contributed by atoms with Crippen LogP contribution in [0.5, 0.6) is 0 Å². The molecule has 1 aromatic rings. The summed E-state index contributed by atoms with van der Waals surface area (Å²) < 4.78 is 30.5. The molecule has 0 N–H and O–H groups in total. The molecule has 0 aliphatic heterocycles. The number of aromatic nitrogens is 1. The van der Waals surface area contributed by atoms with E-state index in [1.165, 1.54) is 0 Å². The molecule has 0 unspecified atom stereocenters. The third-order valence-electron chi connectivity index (χ3n) is 2.15. The second kappa shape index (κ2) is 6.40. The number of ether oxygens (including phenoxy) is 1. The van der Waals surface area contributed by atoms with Gasteiger partial charge in [0.1, 0.15) is 6.07 Å². The highest BCUT2D eigenvalue weighted by Gasteiger charge is 2.25. The van der Waals surface area contributed by atoms with E-state index in [4.69, 9.17) is 10.00 Å². The van der Waals surface area contributed by atoms with Crippen molar-refractivity contribution in [1.82, 2.24) is 4.98 Å². The average Bonchev–Trinajstić information content (AvgIpc) is 2.36. The monoisotopic (exact) mass is 318 g/mol. The van der Waals surface area contributed by atoms with Crippen LogP contribution in [0.1, 0.15) is 40.5 Å². The number of nitrogens with zero attached hydrogens (tertiary/aromatic N) is 2. The lowest BCUT2D eigenvalue weighted by Crippen LogP contribution is -2.12. The number of esters is 1. The lowest BCUT2D eigenvalue weighted by atomic mass is 10.0. The Hall–Kier alpha value is -1.55. The van der Waals surface area contributed by atoms with Gasteiger partial charge in [-0.1, -0.05) is 15.9 Å². The third-order valence-corrected chi connectivity index (χ3v) is 2.68. The van der Waals surface area contributed by atoms with Crippen LogP contribution in [0.15, 0.2) is 6.20 Å². The van der Waals surface area contributed by atoms with Crippen molar-refractivity contribution in [2.24, 2.45) is 0 Å². The third kappa shape index (κ3) is 2.82. The van der Waals surface area contributed by atoms with Crippen LogP contribution in [0.2, 0.25) is 0 Å². The van der Waals surface area contributed by atoms with Gasteiger partial charge in [-0.3, -0.25) is 4.98 Å². The molecule has 0 atom stereocenters. The van der Waals surface area contributed by atoms with Gasteiger partial charge in [-0.25, -0.2) is 13.6 Å². The maximum absolute atomic E-state index is 12.9. The maximum Gasteiger partial charge on any atom is 0.341 e. The molecular weight excluding hydrogens is 310 g/mol. The van der Waals surface area contributed by atoms with Gasteiger partial charge in [-0.15, -0.1) is 0 Å². The Kier molecular flexibility index (Phi) is 5.16. The summed E-state index contributed by atoms with van der Waals surface area (Å²) >= 11 is 3.01. The van der Waals surface area contributed by atoms with Crippen molar-refractivity contribution in [3.05, 3.63) is 28.6 Å². The summed E-state index contributed by atoms with van der Waals surface area (Å²) in [6, 6.07) is 1.62. The van der Waals surface area contributed by atoms with E-state index in [1.807, 2.05) is 0 Å². The van der Waals surface area contributed by atoms with Crippen LogP contribution in [0.25, 0.3) is 0 Å². The molecule has 1 rings (SSSR count). The van der Waals surface area contributed by atoms with Gasteiger partial charge in [0.05, 0.1) is 29.0 Å². The molecule has 1 heterocycles. The number of alkyl halides is 3. The second-order valence-electron chi connectivity index (χ2n) is 3.17. The molecule has 0 aliphatic carbocycles. The SMILES string of the molecule is CCOC(=O)c1cnc(CBr)c(C(F)F)c1C#N. The predicted molar refractivity (Wildman–Crippen MR) is 62.5 cm³/mol. The standard InChI is InChI=1S/C11H9BrF2N2O2/c1-2-18-11(17)7-5-16-8(3-12)9(10(13)14)6(7)4-15/h5,10H,2-3H2,1H3. The fraction of sp³-hybridized carbons (Fsp3) is 0.364. The molecule has 18 heavy (non-hydrogen) atoms. The molecule has 0 fully saturated rings. The van der Waals surface area contributed by atoms with Gasteiger partial charge in [0, 0.05) is 11.5 Å². The molecule has 0 saturated carbocycles. The van der Waals surface area contributed by atoms with E-state index in [9.17, 15) is 13.6 Å². The van der Waals surface area contributed by atoms with Gasteiger partial charge in [0.25, 0.3) is 6.43 Å². The molecule has 0 amide bonds. The summed E-state index contributed by atoms with van der Waals surface area (Å²) in [5, 5.41) is 9.02. The highest BCUT2D eigenvalue weighted by atomic mass is 79.9. The lowest BCUT2D eigenvalue weighted by Gasteiger charge is -2.11. The Morgan fingerprint density at radius 3 is 2.78 bits per heavy atom. The van der Waals surface area contributed by atoms with Crippen LogP contribution in [0.3, 0.4) is 0 Å². The smallest absolute Gasteiger partial charge is 0.341 e. The predicted octanol–water partition coefficient (Wildman–Crippen LogP) is 2.96. The summed E-state index contributed by atoms with van der Waals surface area (Å²) in [5.74, 6) is -0.829. The van der Waals surface area contributed by atoms with Gasteiger partial charge >= 0.3 is 5.97 Å². The molecule has 0 spiro atoms. The molecule has 0 radical (unpaired) electrons. The van der Waals surface area contributed by atoms with Gasteiger partial charge in [0.15, 0.2) is 0 Å². The Balaban J connectivity index is 3.44. The fourth-order valence-electron chi connectivity index (χ4n) is 1.39. The first-order chi connectivity index (χ1) is 8.56. The zero-order valence-electron chi connectivity index (χ0n) is 9.41. The summed E-state index contributed by atoms with van der Waals surface area (Å²) in [6.45, 7) is 1.67. The van der Waals surface area contributed by atoms with Crippen LogP contribution in [0.4, 0.5) is 8.78 Å². The Labute approximate surface area is 111 Å². The topological polar surface area (TPSA) is 63.0 Å². The van der Waals surface area contributed by atoms with Crippen molar-refractivity contribution >= 4 is 21.9 Å². The molecule has 0 aromatic carbocycles. The number of carbonyl (C=O) groups is 1. The fourth-order valence-corrected chi connectivity index (χ4v) is 1.84. The molecule has 4 nitrogen and oxygen atoms in total. The quantitative estimate of drug-likeness (QED) is 0.632. The number of hydrogen-bond donors (Lipinski definition) is 0. The molecule has 0 aliphatic rings. The van der Waals surface area contributed by atoms with E-state index in [0.29, 0.717) is 0 Å². The van der Waals surface area contributed by atoms with Gasteiger partial charge in [-0.2, -0.15) is 5.26 Å².